The Bertz CT molecular complexity index is 844. The van der Waals surface area contributed by atoms with E-state index in [0.717, 1.165) is 5.69 Å². The molecule has 0 radical (unpaired) electrons. The van der Waals surface area contributed by atoms with E-state index in [1.54, 1.807) is 35.1 Å². The molecule has 0 aliphatic rings. The van der Waals surface area contributed by atoms with Gasteiger partial charge in [0.25, 0.3) is 0 Å². The molecule has 0 saturated carbocycles. The van der Waals surface area contributed by atoms with Crippen LogP contribution in [0, 0.1) is 0 Å². The monoisotopic (exact) mass is 293 g/mol. The van der Waals surface area contributed by atoms with Crippen molar-refractivity contribution < 1.29 is 5.11 Å². The Morgan fingerprint density at radius 1 is 1.05 bits per heavy atom. The van der Waals surface area contributed by atoms with Crippen LogP contribution in [-0.2, 0) is 0 Å². The molecule has 5 nitrogen and oxygen atoms in total. The summed E-state index contributed by atoms with van der Waals surface area (Å²) < 4.78 is 1.56. The van der Waals surface area contributed by atoms with Crippen molar-refractivity contribution >= 4 is 5.69 Å². The highest BCUT2D eigenvalue weighted by atomic mass is 16.3. The van der Waals surface area contributed by atoms with Gasteiger partial charge < -0.3 is 10.8 Å². The summed E-state index contributed by atoms with van der Waals surface area (Å²) in [6.07, 6.45) is 0.458. The maximum absolute atomic E-state index is 12.0. The minimum atomic E-state index is -1.12. The minimum Gasteiger partial charge on any atom is -0.399 e. The maximum atomic E-state index is 12.0. The zero-order valence-corrected chi connectivity index (χ0v) is 11.8. The Labute approximate surface area is 127 Å². The molecule has 0 fully saturated rings. The van der Waals surface area contributed by atoms with Gasteiger partial charge in [-0.05, 0) is 29.8 Å². The number of nitrogen functional groups attached to an aromatic ring is 1. The summed E-state index contributed by atoms with van der Waals surface area (Å²) in [6.45, 7) is 0. The molecule has 0 aliphatic carbocycles. The summed E-state index contributed by atoms with van der Waals surface area (Å²) in [5, 5.41) is 14.7. The van der Waals surface area contributed by atoms with E-state index < -0.39 is 6.10 Å². The molecular weight excluding hydrogens is 278 g/mol. The second-order valence-electron chi connectivity index (χ2n) is 4.92. The summed E-state index contributed by atoms with van der Waals surface area (Å²) in [5.74, 6) is 0. The molecule has 0 aliphatic heterocycles. The van der Waals surface area contributed by atoms with Crippen LogP contribution in [0.25, 0.3) is 5.69 Å². The first-order valence-electron chi connectivity index (χ1n) is 6.84. The first kappa shape index (κ1) is 14.0. The molecule has 1 heterocycles. The number of benzene rings is 2. The number of hydrogen-bond acceptors (Lipinski definition) is 4. The molecule has 2 aromatic carbocycles. The number of aliphatic hydroxyl groups excluding tert-OH is 1. The standard InChI is InChI=1S/C17H15N3O2/c18-13-6-4-5-12(11-13)17(22)16-15(21)9-10-20(19-16)14-7-2-1-3-8-14/h1-11,17,22H,18H2. The van der Waals surface area contributed by atoms with E-state index in [0.29, 0.717) is 11.3 Å². The maximum Gasteiger partial charge on any atom is 0.206 e. The molecule has 0 amide bonds. The van der Waals surface area contributed by atoms with E-state index in [9.17, 15) is 9.90 Å². The van der Waals surface area contributed by atoms with Gasteiger partial charge in [-0.25, -0.2) is 4.68 Å². The van der Waals surface area contributed by atoms with Crippen LogP contribution in [0.1, 0.15) is 17.4 Å². The lowest BCUT2D eigenvalue weighted by Gasteiger charge is -2.12. The van der Waals surface area contributed by atoms with E-state index >= 15 is 0 Å². The third-order valence-corrected chi connectivity index (χ3v) is 3.34. The number of hydrogen-bond donors (Lipinski definition) is 2. The van der Waals surface area contributed by atoms with Gasteiger partial charge in [-0.1, -0.05) is 30.3 Å². The van der Waals surface area contributed by atoms with Crippen molar-refractivity contribution in [2.45, 2.75) is 6.10 Å². The van der Waals surface area contributed by atoms with Crippen molar-refractivity contribution in [1.29, 1.82) is 0 Å². The normalized spacial score (nSPS) is 12.0. The second kappa shape index (κ2) is 5.83. The Kier molecular flexibility index (Phi) is 3.72. The van der Waals surface area contributed by atoms with Crippen molar-refractivity contribution in [2.75, 3.05) is 5.73 Å². The molecule has 3 aromatic rings. The van der Waals surface area contributed by atoms with Crippen LogP contribution in [0.5, 0.6) is 0 Å². The van der Waals surface area contributed by atoms with E-state index in [-0.39, 0.29) is 11.1 Å². The number of aliphatic hydroxyl groups is 1. The molecular formula is C17H15N3O2. The fourth-order valence-corrected chi connectivity index (χ4v) is 2.22. The van der Waals surface area contributed by atoms with Gasteiger partial charge in [0.2, 0.25) is 5.43 Å². The molecule has 1 aromatic heterocycles. The van der Waals surface area contributed by atoms with Crippen LogP contribution in [0.4, 0.5) is 5.69 Å². The van der Waals surface area contributed by atoms with Crippen molar-refractivity contribution in [3.63, 3.8) is 0 Å². The van der Waals surface area contributed by atoms with E-state index in [4.69, 9.17) is 5.73 Å². The smallest absolute Gasteiger partial charge is 0.206 e. The highest BCUT2D eigenvalue weighted by molar-refractivity contribution is 5.43. The van der Waals surface area contributed by atoms with Crippen molar-refractivity contribution in [3.05, 3.63) is 88.3 Å². The van der Waals surface area contributed by atoms with Gasteiger partial charge in [0, 0.05) is 18.0 Å². The van der Waals surface area contributed by atoms with Crippen LogP contribution < -0.4 is 11.2 Å². The Morgan fingerprint density at radius 2 is 1.82 bits per heavy atom. The third-order valence-electron chi connectivity index (χ3n) is 3.34. The molecule has 0 saturated heterocycles. The van der Waals surface area contributed by atoms with Crippen molar-refractivity contribution in [1.82, 2.24) is 9.78 Å². The van der Waals surface area contributed by atoms with Gasteiger partial charge in [0.15, 0.2) is 0 Å². The number of nitrogens with two attached hydrogens (primary N) is 1. The first-order valence-corrected chi connectivity index (χ1v) is 6.84. The highest BCUT2D eigenvalue weighted by Gasteiger charge is 2.16. The predicted octanol–water partition coefficient (Wildman–Crippen LogP) is 1.90. The Balaban J connectivity index is 2.05. The van der Waals surface area contributed by atoms with Crippen molar-refractivity contribution in [2.24, 2.45) is 0 Å². The molecule has 110 valence electrons. The van der Waals surface area contributed by atoms with E-state index in [1.807, 2.05) is 30.3 Å². The number of nitrogens with zero attached hydrogens (tertiary/aromatic N) is 2. The number of para-hydroxylation sites is 1. The minimum absolute atomic E-state index is 0.0666. The van der Waals surface area contributed by atoms with Gasteiger partial charge in [0.1, 0.15) is 11.8 Å². The number of rotatable bonds is 3. The average Bonchev–Trinajstić information content (AvgIpc) is 2.55. The lowest BCUT2D eigenvalue weighted by Crippen LogP contribution is -2.20. The summed E-state index contributed by atoms with van der Waals surface area (Å²) in [6, 6.07) is 17.6. The first-order chi connectivity index (χ1) is 10.6. The number of aromatic nitrogens is 2. The SMILES string of the molecule is Nc1cccc(C(O)c2nn(-c3ccccc3)ccc2=O)c1. The fourth-order valence-electron chi connectivity index (χ4n) is 2.22. The predicted molar refractivity (Wildman–Crippen MR) is 84.8 cm³/mol. The van der Waals surface area contributed by atoms with Crippen molar-refractivity contribution in [3.8, 4) is 5.69 Å². The Hall–Kier alpha value is -2.92. The summed E-state index contributed by atoms with van der Waals surface area (Å²) in [5.41, 5.74) is 7.34. The molecule has 0 spiro atoms. The summed E-state index contributed by atoms with van der Waals surface area (Å²) in [7, 11) is 0. The molecule has 22 heavy (non-hydrogen) atoms. The molecule has 1 atom stereocenters. The molecule has 3 rings (SSSR count). The third kappa shape index (κ3) is 2.75. The average molecular weight is 293 g/mol. The highest BCUT2D eigenvalue weighted by Crippen LogP contribution is 2.20. The zero-order chi connectivity index (χ0) is 15.5. The van der Waals surface area contributed by atoms with Gasteiger partial charge in [0.05, 0.1) is 5.69 Å². The molecule has 0 bridgehead atoms. The molecule has 1 unspecified atom stereocenters. The summed E-state index contributed by atoms with van der Waals surface area (Å²) >= 11 is 0. The molecule has 3 N–H and O–H groups in total. The topological polar surface area (TPSA) is 81.1 Å². The number of anilines is 1. The van der Waals surface area contributed by atoms with Crippen LogP contribution in [-0.4, -0.2) is 14.9 Å². The van der Waals surface area contributed by atoms with Gasteiger partial charge in [-0.15, -0.1) is 0 Å². The lowest BCUT2D eigenvalue weighted by molar-refractivity contribution is 0.212. The molecule has 5 heteroatoms. The van der Waals surface area contributed by atoms with Gasteiger partial charge in [-0.2, -0.15) is 5.10 Å². The quantitative estimate of drug-likeness (QED) is 0.723. The van der Waals surface area contributed by atoms with Crippen LogP contribution >= 0.6 is 0 Å². The van der Waals surface area contributed by atoms with Gasteiger partial charge >= 0.3 is 0 Å². The van der Waals surface area contributed by atoms with Crippen LogP contribution in [0.2, 0.25) is 0 Å². The van der Waals surface area contributed by atoms with E-state index in [2.05, 4.69) is 5.10 Å². The lowest BCUT2D eigenvalue weighted by atomic mass is 10.1. The van der Waals surface area contributed by atoms with Crippen LogP contribution in [0.3, 0.4) is 0 Å². The summed E-state index contributed by atoms with van der Waals surface area (Å²) in [4.78, 5) is 12.0. The Morgan fingerprint density at radius 3 is 2.55 bits per heavy atom. The van der Waals surface area contributed by atoms with Crippen LogP contribution in [0.15, 0.2) is 71.7 Å². The zero-order valence-electron chi connectivity index (χ0n) is 11.8. The van der Waals surface area contributed by atoms with Gasteiger partial charge in [-0.3, -0.25) is 4.79 Å². The second-order valence-corrected chi connectivity index (χ2v) is 4.92. The van der Waals surface area contributed by atoms with E-state index in [1.165, 1.54) is 6.07 Å². The fraction of sp³-hybridized carbons (Fsp3) is 0.0588. The largest absolute Gasteiger partial charge is 0.399 e.